The lowest BCUT2D eigenvalue weighted by molar-refractivity contribution is 0.0992. The number of carbonyl (C=O) groups is 1. The lowest BCUT2D eigenvalue weighted by atomic mass is 10.0. The highest BCUT2D eigenvalue weighted by molar-refractivity contribution is 14.1. The quantitative estimate of drug-likeness (QED) is 0.411. The second-order valence-corrected chi connectivity index (χ2v) is 6.84. The van der Waals surface area contributed by atoms with E-state index < -0.39 is 0 Å². The largest absolute Gasteiger partial charge is 0.294 e. The van der Waals surface area contributed by atoms with Crippen molar-refractivity contribution in [2.75, 3.05) is 0 Å². The molecule has 0 atom stereocenters. The van der Waals surface area contributed by atoms with Gasteiger partial charge in [0.15, 0.2) is 5.78 Å². The zero-order valence-electron chi connectivity index (χ0n) is 9.59. The van der Waals surface area contributed by atoms with Gasteiger partial charge < -0.3 is 0 Å². The predicted octanol–water partition coefficient (Wildman–Crippen LogP) is 5.79. The molecule has 0 N–H and O–H groups in total. The molecular weight excluding hydrogens is 462 g/mol. The van der Waals surface area contributed by atoms with Gasteiger partial charge in [-0.2, -0.15) is 0 Å². The Hall–Kier alpha value is -0.100. The standard InChI is InChI=1S/C14H8BrCl2IO/c15-11-5-4-8(18)6-9(11)14(19)7-10-12(16)2-1-3-13(10)17/h1-6H,7H2. The first-order chi connectivity index (χ1) is 8.99. The van der Waals surface area contributed by atoms with Crippen LogP contribution in [0.3, 0.4) is 0 Å². The molecule has 0 saturated carbocycles. The van der Waals surface area contributed by atoms with Crippen molar-refractivity contribution >= 4 is 67.5 Å². The molecule has 0 amide bonds. The minimum Gasteiger partial charge on any atom is -0.294 e. The van der Waals surface area contributed by atoms with E-state index >= 15 is 0 Å². The molecule has 0 unspecified atom stereocenters. The zero-order valence-corrected chi connectivity index (χ0v) is 14.8. The maximum absolute atomic E-state index is 12.3. The van der Waals surface area contributed by atoms with Crippen molar-refractivity contribution in [1.82, 2.24) is 0 Å². The number of benzene rings is 2. The molecule has 0 spiro atoms. The number of ketones is 1. The summed E-state index contributed by atoms with van der Waals surface area (Å²) in [6.45, 7) is 0. The molecule has 0 aliphatic heterocycles. The van der Waals surface area contributed by atoms with E-state index in [2.05, 4.69) is 38.5 Å². The average Bonchev–Trinajstić information content (AvgIpc) is 2.37. The van der Waals surface area contributed by atoms with E-state index in [0.717, 1.165) is 8.04 Å². The van der Waals surface area contributed by atoms with Crippen molar-refractivity contribution in [3.63, 3.8) is 0 Å². The Morgan fingerprint density at radius 2 is 1.79 bits per heavy atom. The van der Waals surface area contributed by atoms with E-state index in [-0.39, 0.29) is 12.2 Å². The summed E-state index contributed by atoms with van der Waals surface area (Å²) in [5, 5.41) is 1.03. The van der Waals surface area contributed by atoms with E-state index in [1.165, 1.54) is 0 Å². The van der Waals surface area contributed by atoms with E-state index in [4.69, 9.17) is 23.2 Å². The Bertz CT molecular complexity index is 623. The highest BCUT2D eigenvalue weighted by atomic mass is 127. The van der Waals surface area contributed by atoms with Crippen molar-refractivity contribution in [2.45, 2.75) is 6.42 Å². The van der Waals surface area contributed by atoms with Crippen molar-refractivity contribution in [3.05, 3.63) is 65.6 Å². The molecule has 0 aliphatic carbocycles. The maximum Gasteiger partial charge on any atom is 0.168 e. The molecule has 0 fully saturated rings. The van der Waals surface area contributed by atoms with Crippen LogP contribution < -0.4 is 0 Å². The summed E-state index contributed by atoms with van der Waals surface area (Å²) in [6, 6.07) is 10.9. The minimum absolute atomic E-state index is 0.0135. The van der Waals surface area contributed by atoms with E-state index in [1.54, 1.807) is 18.2 Å². The first-order valence-electron chi connectivity index (χ1n) is 5.40. The van der Waals surface area contributed by atoms with Crippen LogP contribution in [0, 0.1) is 3.57 Å². The number of Topliss-reactive ketones (excluding diaryl/α,β-unsaturated/α-hetero) is 1. The third kappa shape index (κ3) is 3.72. The highest BCUT2D eigenvalue weighted by Crippen LogP contribution is 2.27. The Kier molecular flexibility index (Phi) is 5.29. The molecule has 0 aliphatic rings. The van der Waals surface area contributed by atoms with Crippen LogP contribution in [-0.2, 0) is 6.42 Å². The van der Waals surface area contributed by atoms with Crippen LogP contribution in [0.15, 0.2) is 40.9 Å². The smallest absolute Gasteiger partial charge is 0.168 e. The van der Waals surface area contributed by atoms with Crippen LogP contribution in [0.5, 0.6) is 0 Å². The Morgan fingerprint density at radius 1 is 1.16 bits per heavy atom. The minimum atomic E-state index is -0.0135. The van der Waals surface area contributed by atoms with Gasteiger partial charge in [0.1, 0.15) is 0 Å². The number of rotatable bonds is 3. The monoisotopic (exact) mass is 468 g/mol. The maximum atomic E-state index is 12.3. The summed E-state index contributed by atoms with van der Waals surface area (Å²) in [5.41, 5.74) is 1.31. The summed E-state index contributed by atoms with van der Waals surface area (Å²) in [7, 11) is 0. The van der Waals surface area contributed by atoms with E-state index in [0.29, 0.717) is 21.2 Å². The summed E-state index contributed by atoms with van der Waals surface area (Å²) in [4.78, 5) is 12.3. The molecule has 1 nitrogen and oxygen atoms in total. The molecule has 98 valence electrons. The van der Waals surface area contributed by atoms with Crippen molar-refractivity contribution < 1.29 is 4.79 Å². The van der Waals surface area contributed by atoms with E-state index in [1.807, 2.05) is 18.2 Å². The number of hydrogen-bond donors (Lipinski definition) is 0. The lowest BCUT2D eigenvalue weighted by Gasteiger charge is -2.08. The Labute approximate surface area is 143 Å². The van der Waals surface area contributed by atoms with Gasteiger partial charge in [0.05, 0.1) is 0 Å². The fourth-order valence-electron chi connectivity index (χ4n) is 1.67. The van der Waals surface area contributed by atoms with Crippen molar-refractivity contribution in [3.8, 4) is 0 Å². The van der Waals surface area contributed by atoms with Gasteiger partial charge in [-0.3, -0.25) is 4.79 Å². The van der Waals surface area contributed by atoms with Gasteiger partial charge in [-0.25, -0.2) is 0 Å². The Balaban J connectivity index is 2.34. The van der Waals surface area contributed by atoms with Crippen molar-refractivity contribution in [1.29, 1.82) is 0 Å². The molecule has 0 radical (unpaired) electrons. The summed E-state index contributed by atoms with van der Waals surface area (Å²) < 4.78 is 1.79. The Morgan fingerprint density at radius 3 is 2.42 bits per heavy atom. The van der Waals surface area contributed by atoms with E-state index in [9.17, 15) is 4.79 Å². The summed E-state index contributed by atoms with van der Waals surface area (Å²) >= 11 is 17.7. The van der Waals surface area contributed by atoms with Crippen molar-refractivity contribution in [2.24, 2.45) is 0 Å². The average molecular weight is 470 g/mol. The van der Waals surface area contributed by atoms with Crippen LogP contribution in [0.2, 0.25) is 10.0 Å². The first-order valence-corrected chi connectivity index (χ1v) is 8.03. The highest BCUT2D eigenvalue weighted by Gasteiger charge is 2.15. The predicted molar refractivity (Wildman–Crippen MR) is 91.4 cm³/mol. The molecule has 0 bridgehead atoms. The second-order valence-electron chi connectivity index (χ2n) is 3.92. The lowest BCUT2D eigenvalue weighted by Crippen LogP contribution is -2.06. The van der Waals surface area contributed by atoms with Gasteiger partial charge in [-0.1, -0.05) is 45.2 Å². The number of carbonyl (C=O) groups excluding carboxylic acids is 1. The van der Waals surface area contributed by atoms with Crippen LogP contribution in [0.1, 0.15) is 15.9 Å². The summed E-state index contributed by atoms with van der Waals surface area (Å²) in [6.07, 6.45) is 0.192. The zero-order chi connectivity index (χ0) is 14.0. The summed E-state index contributed by atoms with van der Waals surface area (Å²) in [5.74, 6) is -0.0135. The van der Waals surface area contributed by atoms with Crippen LogP contribution in [0.4, 0.5) is 0 Å². The molecule has 0 saturated heterocycles. The van der Waals surface area contributed by atoms with Gasteiger partial charge >= 0.3 is 0 Å². The van der Waals surface area contributed by atoms with Crippen LogP contribution in [0.25, 0.3) is 0 Å². The molecule has 5 heteroatoms. The van der Waals surface area contributed by atoms with Gasteiger partial charge in [-0.15, -0.1) is 0 Å². The number of hydrogen-bond acceptors (Lipinski definition) is 1. The second kappa shape index (κ2) is 6.57. The molecule has 2 rings (SSSR count). The third-order valence-corrected chi connectivity index (χ3v) is 4.70. The normalized spacial score (nSPS) is 10.5. The van der Waals surface area contributed by atoms with Crippen LogP contribution in [-0.4, -0.2) is 5.78 Å². The molecule has 19 heavy (non-hydrogen) atoms. The number of halogens is 4. The van der Waals surface area contributed by atoms with Gasteiger partial charge in [0, 0.05) is 30.1 Å². The van der Waals surface area contributed by atoms with Gasteiger partial charge in [-0.05, 0) is 58.5 Å². The molecular formula is C14H8BrCl2IO. The third-order valence-electron chi connectivity index (χ3n) is 2.63. The van der Waals surface area contributed by atoms with Gasteiger partial charge in [0.25, 0.3) is 0 Å². The molecule has 0 aromatic heterocycles. The fraction of sp³-hybridized carbons (Fsp3) is 0.0714. The SMILES string of the molecule is O=C(Cc1c(Cl)cccc1Cl)c1cc(I)ccc1Br. The fourth-order valence-corrected chi connectivity index (χ4v) is 3.16. The van der Waals surface area contributed by atoms with Gasteiger partial charge in [0.2, 0.25) is 0 Å². The molecule has 2 aromatic rings. The molecule has 2 aromatic carbocycles. The van der Waals surface area contributed by atoms with Crippen LogP contribution >= 0.6 is 61.7 Å². The molecule has 0 heterocycles. The first kappa shape index (κ1) is 15.3. The topological polar surface area (TPSA) is 17.1 Å².